The van der Waals surface area contributed by atoms with Gasteiger partial charge in [-0.2, -0.15) is 0 Å². The highest BCUT2D eigenvalue weighted by Gasteiger charge is 2.25. The lowest BCUT2D eigenvalue weighted by Gasteiger charge is -2.26. The monoisotopic (exact) mass is 413 g/mol. The summed E-state index contributed by atoms with van der Waals surface area (Å²) in [6.45, 7) is 5.60. The maximum atomic E-state index is 12.4. The first-order valence-corrected chi connectivity index (χ1v) is 9.90. The summed E-state index contributed by atoms with van der Waals surface area (Å²) >= 11 is 0. The maximum Gasteiger partial charge on any atom is 0.268 e. The predicted octanol–water partition coefficient (Wildman–Crippen LogP) is 1.17. The van der Waals surface area contributed by atoms with Crippen molar-refractivity contribution in [1.29, 1.82) is 0 Å². The first kappa shape index (κ1) is 21.9. The lowest BCUT2D eigenvalue weighted by molar-refractivity contribution is -0.133. The molecule has 1 saturated heterocycles. The number of morpholine rings is 1. The Morgan fingerprint density at radius 2 is 1.80 bits per heavy atom. The normalized spacial score (nSPS) is 16.5. The molecule has 8 nitrogen and oxygen atoms in total. The van der Waals surface area contributed by atoms with Crippen molar-refractivity contribution in [3.8, 4) is 11.1 Å². The molecular formula is C22H27N3O5. The first-order chi connectivity index (χ1) is 14.5. The molecule has 1 aliphatic rings. The Morgan fingerprint density at radius 1 is 1.10 bits per heavy atom. The van der Waals surface area contributed by atoms with Crippen molar-refractivity contribution in [1.82, 2.24) is 15.7 Å². The van der Waals surface area contributed by atoms with E-state index in [-0.39, 0.29) is 0 Å². The molecule has 0 aromatic heterocycles. The van der Waals surface area contributed by atoms with Crippen molar-refractivity contribution in [2.45, 2.75) is 25.6 Å². The fourth-order valence-electron chi connectivity index (χ4n) is 3.38. The number of rotatable bonds is 7. The fourth-order valence-corrected chi connectivity index (χ4v) is 3.38. The predicted molar refractivity (Wildman–Crippen MR) is 111 cm³/mol. The Hall–Kier alpha value is -2.78. The highest BCUT2D eigenvalue weighted by Crippen LogP contribution is 2.22. The van der Waals surface area contributed by atoms with Gasteiger partial charge in [-0.25, -0.2) is 5.48 Å². The topological polar surface area (TPSA) is 111 Å². The third-order valence-electron chi connectivity index (χ3n) is 5.08. The minimum Gasteiger partial charge on any atom is -0.391 e. The third-order valence-corrected chi connectivity index (χ3v) is 5.08. The average Bonchev–Trinajstić information content (AvgIpc) is 2.77. The number of hydrogen-bond donors (Lipinski definition) is 4. The second-order valence-corrected chi connectivity index (χ2v) is 7.33. The van der Waals surface area contributed by atoms with E-state index in [0.29, 0.717) is 5.56 Å². The molecule has 0 unspecified atom stereocenters. The molecule has 160 valence electrons. The summed E-state index contributed by atoms with van der Waals surface area (Å²) in [5.74, 6) is -1.40. The van der Waals surface area contributed by atoms with Crippen molar-refractivity contribution >= 4 is 11.8 Å². The molecule has 1 aliphatic heterocycles. The van der Waals surface area contributed by atoms with Crippen molar-refractivity contribution in [3.63, 3.8) is 0 Å². The summed E-state index contributed by atoms with van der Waals surface area (Å²) in [5, 5.41) is 20.8. The van der Waals surface area contributed by atoms with E-state index in [2.05, 4.69) is 22.3 Å². The van der Waals surface area contributed by atoms with Crippen molar-refractivity contribution in [2.75, 3.05) is 26.3 Å². The van der Waals surface area contributed by atoms with Crippen LogP contribution in [0.3, 0.4) is 0 Å². The summed E-state index contributed by atoms with van der Waals surface area (Å²) in [7, 11) is 0. The molecule has 8 heteroatoms. The molecule has 0 bridgehead atoms. The summed E-state index contributed by atoms with van der Waals surface area (Å²) in [6.07, 6.45) is -1.16. The number of nitrogens with one attached hydrogen (secondary N) is 2. The van der Waals surface area contributed by atoms with E-state index in [1.807, 2.05) is 24.3 Å². The van der Waals surface area contributed by atoms with Crippen LogP contribution in [0.1, 0.15) is 22.8 Å². The van der Waals surface area contributed by atoms with Crippen LogP contribution in [-0.4, -0.2) is 65.5 Å². The standard InChI is InChI=1S/C22H27N3O5/c1-15(26)20(22(28)24-29)23-21(27)18-7-5-17(6-8-18)19-4-2-3-16(13-19)14-25-9-11-30-12-10-25/h2-8,13,15,20,26,29H,9-12,14H2,1H3,(H,23,27)(H,24,28)/t15-,20+/m1/s1. The van der Waals surface area contributed by atoms with Crippen LogP contribution in [0.15, 0.2) is 48.5 Å². The second-order valence-electron chi connectivity index (χ2n) is 7.33. The molecule has 0 aliphatic carbocycles. The number of hydrogen-bond acceptors (Lipinski definition) is 6. The van der Waals surface area contributed by atoms with E-state index >= 15 is 0 Å². The number of carbonyl (C=O) groups excluding carboxylic acids is 2. The van der Waals surface area contributed by atoms with E-state index in [4.69, 9.17) is 9.94 Å². The zero-order chi connectivity index (χ0) is 21.5. The SMILES string of the molecule is C[C@@H](O)[C@H](NC(=O)c1ccc(-c2cccc(CN3CCOCC3)c2)cc1)C(=O)NO. The van der Waals surface area contributed by atoms with Crippen LogP contribution in [-0.2, 0) is 16.1 Å². The van der Waals surface area contributed by atoms with Gasteiger partial charge in [0.2, 0.25) is 0 Å². The lowest BCUT2D eigenvalue weighted by Crippen LogP contribution is -2.51. The third kappa shape index (κ3) is 5.64. The van der Waals surface area contributed by atoms with Gasteiger partial charge in [-0.3, -0.25) is 19.7 Å². The van der Waals surface area contributed by atoms with E-state index in [0.717, 1.165) is 44.0 Å². The van der Waals surface area contributed by atoms with Crippen LogP contribution in [0.25, 0.3) is 11.1 Å². The molecule has 2 amide bonds. The van der Waals surface area contributed by atoms with Gasteiger partial charge >= 0.3 is 0 Å². The number of amides is 2. The van der Waals surface area contributed by atoms with Gasteiger partial charge in [0.05, 0.1) is 19.3 Å². The molecule has 2 aromatic carbocycles. The number of carbonyl (C=O) groups is 2. The molecule has 2 aromatic rings. The number of hydroxylamine groups is 1. The van der Waals surface area contributed by atoms with E-state index in [1.54, 1.807) is 12.1 Å². The minimum atomic E-state index is -1.25. The molecule has 1 heterocycles. The van der Waals surface area contributed by atoms with E-state index in [1.165, 1.54) is 18.0 Å². The Kier molecular flexibility index (Phi) is 7.53. The van der Waals surface area contributed by atoms with Gasteiger partial charge in [0, 0.05) is 25.2 Å². The molecule has 2 atom stereocenters. The van der Waals surface area contributed by atoms with E-state index < -0.39 is 24.0 Å². The Morgan fingerprint density at radius 3 is 2.43 bits per heavy atom. The number of nitrogens with zero attached hydrogens (tertiary/aromatic N) is 1. The maximum absolute atomic E-state index is 12.4. The molecular weight excluding hydrogens is 386 g/mol. The molecule has 30 heavy (non-hydrogen) atoms. The minimum absolute atomic E-state index is 0.347. The Labute approximate surface area is 175 Å². The zero-order valence-electron chi connectivity index (χ0n) is 16.9. The van der Waals surface area contributed by atoms with Crippen molar-refractivity contribution < 1.29 is 24.6 Å². The van der Waals surface area contributed by atoms with Crippen molar-refractivity contribution in [3.05, 3.63) is 59.7 Å². The zero-order valence-corrected chi connectivity index (χ0v) is 16.9. The summed E-state index contributed by atoms with van der Waals surface area (Å²) in [6, 6.07) is 14.0. The summed E-state index contributed by atoms with van der Waals surface area (Å²) < 4.78 is 5.39. The van der Waals surface area contributed by atoms with Crippen LogP contribution in [0.2, 0.25) is 0 Å². The fraction of sp³-hybridized carbons (Fsp3) is 0.364. The van der Waals surface area contributed by atoms with Crippen LogP contribution >= 0.6 is 0 Å². The largest absolute Gasteiger partial charge is 0.391 e. The van der Waals surface area contributed by atoms with Gasteiger partial charge in [0.25, 0.3) is 11.8 Å². The summed E-state index contributed by atoms with van der Waals surface area (Å²) in [4.78, 5) is 26.3. The number of aliphatic hydroxyl groups is 1. The van der Waals surface area contributed by atoms with Crippen LogP contribution in [0.5, 0.6) is 0 Å². The molecule has 0 spiro atoms. The van der Waals surface area contributed by atoms with Gasteiger partial charge in [-0.15, -0.1) is 0 Å². The van der Waals surface area contributed by atoms with Gasteiger partial charge in [0.1, 0.15) is 6.04 Å². The Balaban J connectivity index is 1.68. The number of benzene rings is 2. The highest BCUT2D eigenvalue weighted by atomic mass is 16.5. The number of ether oxygens (including phenoxy) is 1. The highest BCUT2D eigenvalue weighted by molar-refractivity contribution is 5.97. The second kappa shape index (κ2) is 10.3. The summed E-state index contributed by atoms with van der Waals surface area (Å²) in [5.41, 5.74) is 5.02. The molecule has 3 rings (SSSR count). The lowest BCUT2D eigenvalue weighted by atomic mass is 10.0. The van der Waals surface area contributed by atoms with Gasteiger partial charge in [-0.05, 0) is 41.8 Å². The van der Waals surface area contributed by atoms with Gasteiger partial charge in [-0.1, -0.05) is 30.3 Å². The van der Waals surface area contributed by atoms with Crippen LogP contribution in [0, 0.1) is 0 Å². The smallest absolute Gasteiger partial charge is 0.268 e. The van der Waals surface area contributed by atoms with E-state index in [9.17, 15) is 14.7 Å². The van der Waals surface area contributed by atoms with Gasteiger partial charge in [0.15, 0.2) is 0 Å². The molecule has 0 saturated carbocycles. The first-order valence-electron chi connectivity index (χ1n) is 9.90. The average molecular weight is 413 g/mol. The molecule has 1 fully saturated rings. The molecule has 4 N–H and O–H groups in total. The quantitative estimate of drug-likeness (QED) is 0.401. The molecule has 0 radical (unpaired) electrons. The van der Waals surface area contributed by atoms with Gasteiger partial charge < -0.3 is 15.2 Å². The van der Waals surface area contributed by atoms with Crippen molar-refractivity contribution in [2.24, 2.45) is 0 Å². The Bertz CT molecular complexity index is 863. The number of aliphatic hydroxyl groups excluding tert-OH is 1. The van der Waals surface area contributed by atoms with Crippen LogP contribution < -0.4 is 10.8 Å². The van der Waals surface area contributed by atoms with Crippen LogP contribution in [0.4, 0.5) is 0 Å².